The van der Waals surface area contributed by atoms with E-state index < -0.39 is 9.84 Å². The molecule has 0 radical (unpaired) electrons. The molecule has 7 nitrogen and oxygen atoms in total. The van der Waals surface area contributed by atoms with Crippen LogP contribution in [-0.4, -0.2) is 52.7 Å². The first-order valence-corrected chi connectivity index (χ1v) is 10.2. The zero-order chi connectivity index (χ0) is 19.3. The number of nitrogens with zero attached hydrogens (tertiary/aromatic N) is 1. The van der Waals surface area contributed by atoms with Gasteiger partial charge in [-0.3, -0.25) is 4.79 Å². The van der Waals surface area contributed by atoms with E-state index in [4.69, 9.17) is 16.0 Å². The van der Waals surface area contributed by atoms with Gasteiger partial charge in [0.05, 0.1) is 28.4 Å². The third-order valence-electron chi connectivity index (χ3n) is 3.58. The molecule has 2 aromatic rings. The highest BCUT2D eigenvalue weighted by Crippen LogP contribution is 2.31. The SMILES string of the molecule is CN(C)CCNC(=O)c1cc(NCc2ccco2)c(Cl)c(S(C)(=O)=O)c1. The molecule has 0 bridgehead atoms. The lowest BCUT2D eigenvalue weighted by Crippen LogP contribution is -2.31. The van der Waals surface area contributed by atoms with Crippen molar-refractivity contribution >= 4 is 33.0 Å². The summed E-state index contributed by atoms with van der Waals surface area (Å²) in [6.45, 7) is 1.42. The number of anilines is 1. The Morgan fingerprint density at radius 2 is 2.04 bits per heavy atom. The number of hydrogen-bond acceptors (Lipinski definition) is 6. The predicted molar refractivity (Wildman–Crippen MR) is 101 cm³/mol. The van der Waals surface area contributed by atoms with E-state index in [-0.39, 0.29) is 21.4 Å². The monoisotopic (exact) mass is 399 g/mol. The van der Waals surface area contributed by atoms with E-state index in [1.54, 1.807) is 12.1 Å². The van der Waals surface area contributed by atoms with E-state index in [1.807, 2.05) is 19.0 Å². The lowest BCUT2D eigenvalue weighted by molar-refractivity contribution is 0.0951. The largest absolute Gasteiger partial charge is 0.467 e. The van der Waals surface area contributed by atoms with Crippen LogP contribution in [-0.2, 0) is 16.4 Å². The lowest BCUT2D eigenvalue weighted by atomic mass is 10.1. The van der Waals surface area contributed by atoms with Gasteiger partial charge >= 0.3 is 0 Å². The first-order valence-electron chi connectivity index (χ1n) is 7.91. The summed E-state index contributed by atoms with van der Waals surface area (Å²) in [6.07, 6.45) is 2.59. The zero-order valence-corrected chi connectivity index (χ0v) is 16.4. The molecule has 0 saturated heterocycles. The van der Waals surface area contributed by atoms with Crippen LogP contribution < -0.4 is 10.6 Å². The molecule has 1 aromatic heterocycles. The minimum absolute atomic E-state index is 0.0453. The Morgan fingerprint density at radius 1 is 1.31 bits per heavy atom. The van der Waals surface area contributed by atoms with E-state index in [2.05, 4.69) is 10.6 Å². The van der Waals surface area contributed by atoms with Gasteiger partial charge in [-0.1, -0.05) is 11.6 Å². The van der Waals surface area contributed by atoms with Crippen molar-refractivity contribution in [2.75, 3.05) is 38.8 Å². The molecule has 0 fully saturated rings. The van der Waals surface area contributed by atoms with Gasteiger partial charge in [0.1, 0.15) is 5.76 Å². The lowest BCUT2D eigenvalue weighted by Gasteiger charge is -2.14. The summed E-state index contributed by atoms with van der Waals surface area (Å²) in [5.41, 5.74) is 0.569. The van der Waals surface area contributed by atoms with Crippen LogP contribution in [0.25, 0.3) is 0 Å². The van der Waals surface area contributed by atoms with Crippen molar-refractivity contribution < 1.29 is 17.6 Å². The smallest absolute Gasteiger partial charge is 0.251 e. The van der Waals surface area contributed by atoms with Crippen LogP contribution in [0, 0.1) is 0 Å². The molecule has 0 aliphatic rings. The normalized spacial score (nSPS) is 11.6. The van der Waals surface area contributed by atoms with Gasteiger partial charge in [-0.15, -0.1) is 0 Å². The second kappa shape index (κ2) is 8.57. The molecule has 0 aliphatic heterocycles. The summed E-state index contributed by atoms with van der Waals surface area (Å²) < 4.78 is 29.3. The molecule has 0 aliphatic carbocycles. The molecule has 2 rings (SSSR count). The maximum atomic E-state index is 12.4. The Balaban J connectivity index is 2.29. The number of furan rings is 1. The average Bonchev–Trinajstić information content (AvgIpc) is 3.05. The van der Waals surface area contributed by atoms with E-state index in [9.17, 15) is 13.2 Å². The summed E-state index contributed by atoms with van der Waals surface area (Å²) >= 11 is 6.25. The van der Waals surface area contributed by atoms with Crippen molar-refractivity contribution in [2.45, 2.75) is 11.4 Å². The van der Waals surface area contributed by atoms with Crippen molar-refractivity contribution in [1.82, 2.24) is 10.2 Å². The molecule has 1 aromatic carbocycles. The Kier molecular flexibility index (Phi) is 6.69. The number of hydrogen-bond donors (Lipinski definition) is 2. The first kappa shape index (κ1) is 20.3. The van der Waals surface area contributed by atoms with Gasteiger partial charge in [-0.2, -0.15) is 0 Å². The van der Waals surface area contributed by atoms with Crippen molar-refractivity contribution in [3.63, 3.8) is 0 Å². The van der Waals surface area contributed by atoms with Crippen LogP contribution in [0.4, 0.5) is 5.69 Å². The van der Waals surface area contributed by atoms with Crippen molar-refractivity contribution in [3.05, 3.63) is 46.9 Å². The topological polar surface area (TPSA) is 91.7 Å². The zero-order valence-electron chi connectivity index (χ0n) is 14.9. The number of likely N-dealkylation sites (N-methyl/N-ethyl adjacent to an activating group) is 1. The highest BCUT2D eigenvalue weighted by atomic mass is 35.5. The molecule has 0 atom stereocenters. The van der Waals surface area contributed by atoms with E-state index in [0.29, 0.717) is 31.1 Å². The second-order valence-corrected chi connectivity index (χ2v) is 8.46. The van der Waals surface area contributed by atoms with E-state index in [0.717, 1.165) is 6.26 Å². The number of carbonyl (C=O) groups excluding carboxylic acids is 1. The third-order valence-corrected chi connectivity index (χ3v) is 5.22. The van der Waals surface area contributed by atoms with E-state index in [1.165, 1.54) is 18.4 Å². The Labute approximate surface area is 158 Å². The standard InChI is InChI=1S/C17H22ClN3O4S/c1-21(2)7-6-19-17(22)12-9-14(20-11-13-5-4-8-25-13)16(18)15(10-12)26(3,23)24/h4-5,8-10,20H,6-7,11H2,1-3H3,(H,19,22). The van der Waals surface area contributed by atoms with Crippen LogP contribution in [0.5, 0.6) is 0 Å². The predicted octanol–water partition coefficient (Wildman–Crippen LogP) is 2.24. The number of rotatable bonds is 8. The van der Waals surface area contributed by atoms with Crippen molar-refractivity contribution in [2.24, 2.45) is 0 Å². The highest BCUT2D eigenvalue weighted by molar-refractivity contribution is 7.90. The van der Waals surface area contributed by atoms with Gasteiger partial charge in [-0.05, 0) is 38.4 Å². The molecule has 142 valence electrons. The molecule has 0 spiro atoms. The van der Waals surface area contributed by atoms with Crippen LogP contribution in [0.1, 0.15) is 16.1 Å². The molecule has 1 amide bonds. The number of halogens is 1. The number of amides is 1. The average molecular weight is 400 g/mol. The fourth-order valence-corrected chi connectivity index (χ4v) is 3.59. The van der Waals surface area contributed by atoms with E-state index >= 15 is 0 Å². The van der Waals surface area contributed by atoms with Gasteiger partial charge in [-0.25, -0.2) is 8.42 Å². The maximum absolute atomic E-state index is 12.4. The number of nitrogens with one attached hydrogen (secondary N) is 2. The van der Waals surface area contributed by atoms with Crippen LogP contribution >= 0.6 is 11.6 Å². The molecule has 2 N–H and O–H groups in total. The first-order chi connectivity index (χ1) is 12.2. The maximum Gasteiger partial charge on any atom is 0.251 e. The summed E-state index contributed by atoms with van der Waals surface area (Å²) in [6, 6.07) is 6.34. The van der Waals surface area contributed by atoms with Crippen molar-refractivity contribution in [3.8, 4) is 0 Å². The molecule has 1 heterocycles. The minimum atomic E-state index is -3.60. The van der Waals surface area contributed by atoms with Crippen molar-refractivity contribution in [1.29, 1.82) is 0 Å². The summed E-state index contributed by atoms with van der Waals surface area (Å²) in [7, 11) is 0.190. The number of carbonyl (C=O) groups is 1. The van der Waals surface area contributed by atoms with Gasteiger partial charge in [0.15, 0.2) is 9.84 Å². The third kappa shape index (κ3) is 5.48. The van der Waals surface area contributed by atoms with Gasteiger partial charge in [0, 0.05) is 24.9 Å². The Bertz CT molecular complexity index is 864. The quantitative estimate of drug-likeness (QED) is 0.707. The number of sulfone groups is 1. The Morgan fingerprint density at radius 3 is 2.62 bits per heavy atom. The number of benzene rings is 1. The van der Waals surface area contributed by atoms with Crippen LogP contribution in [0.2, 0.25) is 5.02 Å². The highest BCUT2D eigenvalue weighted by Gasteiger charge is 2.20. The minimum Gasteiger partial charge on any atom is -0.467 e. The van der Waals surface area contributed by atoms with Gasteiger partial charge in [0.25, 0.3) is 5.91 Å². The summed E-state index contributed by atoms with van der Waals surface area (Å²) in [5, 5.41) is 5.82. The van der Waals surface area contributed by atoms with Gasteiger partial charge in [0.2, 0.25) is 0 Å². The van der Waals surface area contributed by atoms with Gasteiger partial charge < -0.3 is 20.0 Å². The molecular weight excluding hydrogens is 378 g/mol. The summed E-state index contributed by atoms with van der Waals surface area (Å²) in [4.78, 5) is 14.2. The van der Waals surface area contributed by atoms with Crippen LogP contribution in [0.15, 0.2) is 39.8 Å². The molecular formula is C17H22ClN3O4S. The molecule has 0 unspecified atom stereocenters. The fraction of sp³-hybridized carbons (Fsp3) is 0.353. The molecule has 0 saturated carbocycles. The Hall–Kier alpha value is -2.03. The second-order valence-electron chi connectivity index (χ2n) is 6.10. The summed E-state index contributed by atoms with van der Waals surface area (Å²) in [5.74, 6) is 0.289. The fourth-order valence-electron chi connectivity index (χ4n) is 2.22. The van der Waals surface area contributed by atoms with Crippen LogP contribution in [0.3, 0.4) is 0 Å². The molecule has 9 heteroatoms. The molecule has 26 heavy (non-hydrogen) atoms.